The number of carbonyl (C=O) groups is 2. The number of hydrogen-bond donors (Lipinski definition) is 3. The van der Waals surface area contributed by atoms with Crippen molar-refractivity contribution in [3.63, 3.8) is 0 Å². The van der Waals surface area contributed by atoms with Gasteiger partial charge in [-0.05, 0) is 30.7 Å². The molecule has 0 atom stereocenters. The van der Waals surface area contributed by atoms with Gasteiger partial charge in [0.2, 0.25) is 15.9 Å². The van der Waals surface area contributed by atoms with Gasteiger partial charge in [0.25, 0.3) is 0 Å². The number of rotatable bonds is 6. The lowest BCUT2D eigenvalue weighted by molar-refractivity contribution is -0.137. The Morgan fingerprint density at radius 1 is 1.30 bits per heavy atom. The fourth-order valence-corrected chi connectivity index (χ4v) is 2.82. The van der Waals surface area contributed by atoms with E-state index in [0.29, 0.717) is 10.6 Å². The Balaban J connectivity index is 2.71. The number of carboxylic acid groups (broad SMARTS) is 1. The summed E-state index contributed by atoms with van der Waals surface area (Å²) in [6.07, 6.45) is 0. The molecular weight excluding hydrogens is 308 g/mol. The van der Waals surface area contributed by atoms with E-state index in [0.717, 1.165) is 0 Å². The number of sulfonamides is 1. The molecule has 0 aliphatic rings. The second-order valence-electron chi connectivity index (χ2n) is 3.90. The average Bonchev–Trinajstić information content (AvgIpc) is 2.33. The summed E-state index contributed by atoms with van der Waals surface area (Å²) in [7, 11) is -3.86. The van der Waals surface area contributed by atoms with Gasteiger partial charge >= 0.3 is 5.97 Å². The van der Waals surface area contributed by atoms with Crippen LogP contribution in [0.3, 0.4) is 0 Å². The first kappa shape index (κ1) is 16.4. The maximum absolute atomic E-state index is 12.0. The van der Waals surface area contributed by atoms with Crippen molar-refractivity contribution in [2.75, 3.05) is 13.1 Å². The highest BCUT2D eigenvalue weighted by Crippen LogP contribution is 2.19. The molecule has 7 nitrogen and oxygen atoms in total. The van der Waals surface area contributed by atoms with Gasteiger partial charge in [-0.15, -0.1) is 0 Å². The maximum Gasteiger partial charge on any atom is 0.322 e. The number of benzene rings is 1. The molecule has 0 fully saturated rings. The van der Waals surface area contributed by atoms with E-state index in [1.54, 1.807) is 6.92 Å². The molecular formula is C11H13ClN2O5S. The molecule has 0 spiro atoms. The summed E-state index contributed by atoms with van der Waals surface area (Å²) in [5.74, 6) is -1.95. The Bertz CT molecular complexity index is 630. The lowest BCUT2D eigenvalue weighted by Crippen LogP contribution is -2.39. The fourth-order valence-electron chi connectivity index (χ4n) is 1.39. The first-order chi connectivity index (χ1) is 9.22. The molecule has 9 heteroatoms. The molecule has 1 aromatic carbocycles. The van der Waals surface area contributed by atoms with Gasteiger partial charge in [0.05, 0.1) is 11.4 Å². The molecule has 0 saturated heterocycles. The van der Waals surface area contributed by atoms with E-state index in [4.69, 9.17) is 16.7 Å². The molecule has 0 saturated carbocycles. The van der Waals surface area contributed by atoms with Gasteiger partial charge in [-0.1, -0.05) is 11.6 Å². The molecule has 1 aromatic rings. The van der Waals surface area contributed by atoms with Gasteiger partial charge in [-0.3, -0.25) is 9.59 Å². The fraction of sp³-hybridized carbons (Fsp3) is 0.273. The molecule has 110 valence electrons. The normalized spacial score (nSPS) is 11.1. The smallest absolute Gasteiger partial charge is 0.322 e. The van der Waals surface area contributed by atoms with Crippen molar-refractivity contribution in [2.45, 2.75) is 11.8 Å². The largest absolute Gasteiger partial charge is 0.480 e. The summed E-state index contributed by atoms with van der Waals surface area (Å²) in [6, 6.07) is 4.24. The zero-order valence-corrected chi connectivity index (χ0v) is 12.1. The van der Waals surface area contributed by atoms with Gasteiger partial charge in [0, 0.05) is 5.02 Å². The molecule has 0 radical (unpaired) electrons. The molecule has 0 unspecified atom stereocenters. The SMILES string of the molecule is Cc1cc(Cl)ccc1S(=O)(=O)NCC(=O)NCC(=O)O. The van der Waals surface area contributed by atoms with E-state index in [1.165, 1.54) is 18.2 Å². The lowest BCUT2D eigenvalue weighted by atomic mass is 10.2. The zero-order chi connectivity index (χ0) is 15.3. The van der Waals surface area contributed by atoms with Gasteiger partial charge in [-0.25, -0.2) is 13.1 Å². The van der Waals surface area contributed by atoms with E-state index in [-0.39, 0.29) is 4.90 Å². The predicted octanol–water partition coefficient (Wildman–Crippen LogP) is 0.128. The van der Waals surface area contributed by atoms with Crippen LogP contribution in [0, 0.1) is 6.92 Å². The molecule has 1 rings (SSSR count). The minimum atomic E-state index is -3.86. The highest BCUT2D eigenvalue weighted by molar-refractivity contribution is 7.89. The van der Waals surface area contributed by atoms with Crippen molar-refractivity contribution in [3.8, 4) is 0 Å². The van der Waals surface area contributed by atoms with Crippen LogP contribution in [0.5, 0.6) is 0 Å². The highest BCUT2D eigenvalue weighted by Gasteiger charge is 2.18. The second-order valence-corrected chi connectivity index (χ2v) is 6.08. The number of halogens is 1. The minimum Gasteiger partial charge on any atom is -0.480 e. The number of aryl methyl sites for hydroxylation is 1. The van der Waals surface area contributed by atoms with Gasteiger partial charge in [-0.2, -0.15) is 0 Å². The van der Waals surface area contributed by atoms with Crippen LogP contribution in [-0.2, 0) is 19.6 Å². The standard InChI is InChI=1S/C11H13ClN2O5S/c1-7-4-8(12)2-3-9(7)20(18,19)14-5-10(15)13-6-11(16)17/h2-4,14H,5-6H2,1H3,(H,13,15)(H,16,17). The zero-order valence-electron chi connectivity index (χ0n) is 10.5. The Morgan fingerprint density at radius 2 is 1.95 bits per heavy atom. The third-order valence-corrected chi connectivity index (χ3v) is 4.08. The summed E-state index contributed by atoms with van der Waals surface area (Å²) in [4.78, 5) is 21.5. The Labute approximate surface area is 121 Å². The Kier molecular flexibility index (Phi) is 5.49. The van der Waals surface area contributed by atoms with Crippen LogP contribution < -0.4 is 10.0 Å². The maximum atomic E-state index is 12.0. The van der Waals surface area contributed by atoms with Crippen molar-refractivity contribution in [1.82, 2.24) is 10.0 Å². The summed E-state index contributed by atoms with van der Waals surface area (Å²) >= 11 is 5.73. The van der Waals surface area contributed by atoms with Crippen LogP contribution in [0.25, 0.3) is 0 Å². The van der Waals surface area contributed by atoms with Crippen molar-refractivity contribution in [2.24, 2.45) is 0 Å². The van der Waals surface area contributed by atoms with E-state index < -0.39 is 35.0 Å². The van der Waals surface area contributed by atoms with Crippen LogP contribution >= 0.6 is 11.6 Å². The first-order valence-electron chi connectivity index (χ1n) is 5.46. The Morgan fingerprint density at radius 3 is 2.50 bits per heavy atom. The number of aliphatic carboxylic acids is 1. The van der Waals surface area contributed by atoms with Crippen LogP contribution in [0.15, 0.2) is 23.1 Å². The number of hydrogen-bond acceptors (Lipinski definition) is 4. The van der Waals surface area contributed by atoms with Gasteiger partial charge in [0.1, 0.15) is 6.54 Å². The second kappa shape index (κ2) is 6.69. The summed E-state index contributed by atoms with van der Waals surface area (Å²) in [6.45, 7) is 0.461. The van der Waals surface area contributed by atoms with E-state index in [2.05, 4.69) is 4.72 Å². The number of carbonyl (C=O) groups excluding carboxylic acids is 1. The monoisotopic (exact) mass is 320 g/mol. The molecule has 0 aliphatic heterocycles. The van der Waals surface area contributed by atoms with E-state index >= 15 is 0 Å². The summed E-state index contributed by atoms with van der Waals surface area (Å²) in [5, 5.41) is 10.8. The quantitative estimate of drug-likeness (QED) is 0.689. The summed E-state index contributed by atoms with van der Waals surface area (Å²) < 4.78 is 26.0. The van der Waals surface area contributed by atoms with Crippen molar-refractivity contribution in [1.29, 1.82) is 0 Å². The summed E-state index contributed by atoms with van der Waals surface area (Å²) in [5.41, 5.74) is 0.441. The third kappa shape index (κ3) is 4.80. The third-order valence-electron chi connectivity index (χ3n) is 2.29. The molecule has 0 aliphatic carbocycles. The van der Waals surface area contributed by atoms with Gasteiger partial charge < -0.3 is 10.4 Å². The number of carboxylic acids is 1. The molecule has 3 N–H and O–H groups in total. The molecule has 20 heavy (non-hydrogen) atoms. The van der Waals surface area contributed by atoms with Crippen molar-refractivity contribution in [3.05, 3.63) is 28.8 Å². The van der Waals surface area contributed by atoms with Gasteiger partial charge in [0.15, 0.2) is 0 Å². The highest BCUT2D eigenvalue weighted by atomic mass is 35.5. The number of nitrogens with one attached hydrogen (secondary N) is 2. The first-order valence-corrected chi connectivity index (χ1v) is 7.33. The van der Waals surface area contributed by atoms with E-state index in [9.17, 15) is 18.0 Å². The molecule has 0 bridgehead atoms. The predicted molar refractivity (Wildman–Crippen MR) is 72.0 cm³/mol. The van der Waals surface area contributed by atoms with Crippen LogP contribution in [0.2, 0.25) is 5.02 Å². The lowest BCUT2D eigenvalue weighted by Gasteiger charge is -2.09. The Hall–Kier alpha value is -1.64. The molecule has 0 heterocycles. The molecule has 0 aromatic heterocycles. The number of amides is 1. The topological polar surface area (TPSA) is 113 Å². The van der Waals surface area contributed by atoms with E-state index in [1.807, 2.05) is 5.32 Å². The minimum absolute atomic E-state index is 0.00735. The average molecular weight is 321 g/mol. The van der Waals surface area contributed by atoms with Crippen LogP contribution in [0.1, 0.15) is 5.56 Å². The van der Waals surface area contributed by atoms with Crippen LogP contribution in [0.4, 0.5) is 0 Å². The van der Waals surface area contributed by atoms with Crippen LogP contribution in [-0.4, -0.2) is 38.5 Å². The van der Waals surface area contributed by atoms with Crippen molar-refractivity contribution < 1.29 is 23.1 Å². The molecule has 1 amide bonds. The van der Waals surface area contributed by atoms with Crippen molar-refractivity contribution >= 4 is 33.5 Å².